The van der Waals surface area contributed by atoms with Crippen molar-refractivity contribution in [2.45, 2.75) is 45.1 Å². The van der Waals surface area contributed by atoms with Gasteiger partial charge in [-0.1, -0.05) is 38.7 Å². The van der Waals surface area contributed by atoms with Gasteiger partial charge in [0.15, 0.2) is 11.6 Å². The van der Waals surface area contributed by atoms with Gasteiger partial charge in [-0.2, -0.15) is 0 Å². The van der Waals surface area contributed by atoms with Crippen molar-refractivity contribution in [3.05, 3.63) is 33.8 Å². The van der Waals surface area contributed by atoms with Crippen LogP contribution >= 0.6 is 15.9 Å². The van der Waals surface area contributed by atoms with E-state index in [4.69, 9.17) is 0 Å². The third-order valence-corrected chi connectivity index (χ3v) is 4.74. The van der Waals surface area contributed by atoms with E-state index in [-0.39, 0.29) is 10.5 Å². The predicted octanol–water partition coefficient (Wildman–Crippen LogP) is 4.96. The van der Waals surface area contributed by atoms with Crippen molar-refractivity contribution in [1.29, 1.82) is 0 Å². The van der Waals surface area contributed by atoms with Gasteiger partial charge in [-0.3, -0.25) is 0 Å². The lowest BCUT2D eigenvalue weighted by atomic mass is 9.93. The molecule has 0 radical (unpaired) electrons. The van der Waals surface area contributed by atoms with Crippen molar-refractivity contribution in [2.24, 2.45) is 5.92 Å². The summed E-state index contributed by atoms with van der Waals surface area (Å²) in [4.78, 5) is 0. The van der Waals surface area contributed by atoms with Crippen LogP contribution in [0, 0.1) is 17.6 Å². The first-order chi connectivity index (χ1) is 9.13. The molecule has 1 aromatic rings. The van der Waals surface area contributed by atoms with E-state index in [1.807, 2.05) is 6.92 Å². The molecule has 1 unspecified atom stereocenters. The second kappa shape index (κ2) is 6.80. The average Bonchev–Trinajstić information content (AvgIpc) is 2.89. The van der Waals surface area contributed by atoms with Crippen molar-refractivity contribution in [1.82, 2.24) is 5.32 Å². The Hall–Kier alpha value is -0.480. The van der Waals surface area contributed by atoms with Gasteiger partial charge in [-0.25, -0.2) is 8.78 Å². The summed E-state index contributed by atoms with van der Waals surface area (Å²) in [5, 5.41) is 3.39. The fourth-order valence-electron chi connectivity index (χ4n) is 2.96. The number of nitrogens with one attached hydrogen (secondary N) is 1. The van der Waals surface area contributed by atoms with E-state index >= 15 is 0 Å². The smallest absolute Gasteiger partial charge is 0.173 e. The van der Waals surface area contributed by atoms with Gasteiger partial charge >= 0.3 is 0 Å². The molecular formula is C15H20BrF2N. The highest BCUT2D eigenvalue weighted by molar-refractivity contribution is 9.10. The molecule has 1 fully saturated rings. The topological polar surface area (TPSA) is 12.0 Å². The Morgan fingerprint density at radius 1 is 1.32 bits per heavy atom. The van der Waals surface area contributed by atoms with Crippen molar-refractivity contribution in [3.8, 4) is 0 Å². The van der Waals surface area contributed by atoms with Crippen LogP contribution in [0.2, 0.25) is 0 Å². The SMILES string of the molecule is CCNC(CC1CCCC1)c1ccc(F)c(F)c1Br. The molecule has 1 aromatic carbocycles. The Labute approximate surface area is 121 Å². The van der Waals surface area contributed by atoms with Crippen molar-refractivity contribution < 1.29 is 8.78 Å². The highest BCUT2D eigenvalue weighted by Gasteiger charge is 2.23. The summed E-state index contributed by atoms with van der Waals surface area (Å²) < 4.78 is 27.1. The zero-order valence-corrected chi connectivity index (χ0v) is 12.8. The van der Waals surface area contributed by atoms with Crippen molar-refractivity contribution in [3.63, 3.8) is 0 Å². The molecule has 0 heterocycles. The van der Waals surface area contributed by atoms with Gasteiger partial charge in [0.05, 0.1) is 4.47 Å². The van der Waals surface area contributed by atoms with Crippen molar-refractivity contribution in [2.75, 3.05) is 6.54 Å². The Morgan fingerprint density at radius 2 is 2.00 bits per heavy atom. The third kappa shape index (κ3) is 3.54. The standard InChI is InChI=1S/C15H20BrF2N/c1-2-19-13(9-10-5-3-4-6-10)11-7-8-12(17)15(18)14(11)16/h7-8,10,13,19H,2-6,9H2,1H3. The molecule has 2 rings (SSSR count). The van der Waals surface area contributed by atoms with Crippen LogP contribution in [0.1, 0.15) is 50.6 Å². The van der Waals surface area contributed by atoms with E-state index in [1.165, 1.54) is 31.7 Å². The number of hydrogen-bond donors (Lipinski definition) is 1. The maximum atomic E-state index is 13.7. The molecule has 0 spiro atoms. The number of benzene rings is 1. The molecule has 19 heavy (non-hydrogen) atoms. The molecule has 106 valence electrons. The summed E-state index contributed by atoms with van der Waals surface area (Å²) in [6.07, 6.45) is 6.09. The molecule has 1 aliphatic carbocycles. The maximum Gasteiger partial charge on any atom is 0.173 e. The second-order valence-corrected chi connectivity index (χ2v) is 6.05. The number of halogens is 3. The zero-order chi connectivity index (χ0) is 13.8. The summed E-state index contributed by atoms with van der Waals surface area (Å²) in [5.74, 6) is -0.886. The fourth-order valence-corrected chi connectivity index (χ4v) is 3.55. The molecule has 1 aliphatic rings. The average molecular weight is 332 g/mol. The summed E-state index contributed by atoms with van der Waals surface area (Å²) in [5.41, 5.74) is 0.827. The van der Waals surface area contributed by atoms with E-state index < -0.39 is 11.6 Å². The lowest BCUT2D eigenvalue weighted by Gasteiger charge is -2.23. The van der Waals surface area contributed by atoms with Crippen LogP contribution in [0.15, 0.2) is 16.6 Å². The molecule has 1 N–H and O–H groups in total. The van der Waals surface area contributed by atoms with Crippen molar-refractivity contribution >= 4 is 15.9 Å². The first-order valence-electron chi connectivity index (χ1n) is 7.00. The lowest BCUT2D eigenvalue weighted by Crippen LogP contribution is -2.23. The first-order valence-corrected chi connectivity index (χ1v) is 7.79. The Morgan fingerprint density at radius 3 is 2.63 bits per heavy atom. The van der Waals surface area contributed by atoms with Crippen LogP contribution in [-0.2, 0) is 0 Å². The summed E-state index contributed by atoms with van der Waals surface area (Å²) in [6, 6.07) is 3.00. The largest absolute Gasteiger partial charge is 0.310 e. The molecule has 0 aliphatic heterocycles. The molecule has 0 saturated heterocycles. The summed E-state index contributed by atoms with van der Waals surface area (Å²) in [6.45, 7) is 2.86. The number of rotatable bonds is 5. The number of hydrogen-bond acceptors (Lipinski definition) is 1. The summed E-state index contributed by atoms with van der Waals surface area (Å²) >= 11 is 3.20. The van der Waals surface area contributed by atoms with Gasteiger partial charge in [-0.05, 0) is 46.4 Å². The minimum atomic E-state index is -0.799. The zero-order valence-electron chi connectivity index (χ0n) is 11.2. The van der Waals surface area contributed by atoms with Gasteiger partial charge in [0, 0.05) is 6.04 Å². The molecule has 1 atom stereocenters. The Kier molecular flexibility index (Phi) is 5.34. The molecule has 1 nitrogen and oxygen atoms in total. The van der Waals surface area contributed by atoms with Crippen LogP contribution in [0.4, 0.5) is 8.78 Å². The molecule has 0 aromatic heterocycles. The predicted molar refractivity (Wildman–Crippen MR) is 77.1 cm³/mol. The van der Waals surface area contributed by atoms with Gasteiger partial charge in [0.2, 0.25) is 0 Å². The monoisotopic (exact) mass is 331 g/mol. The van der Waals surface area contributed by atoms with Crippen LogP contribution in [-0.4, -0.2) is 6.54 Å². The Balaban J connectivity index is 2.20. The van der Waals surface area contributed by atoms with Crippen LogP contribution < -0.4 is 5.32 Å². The minimum Gasteiger partial charge on any atom is -0.310 e. The quantitative estimate of drug-likeness (QED) is 0.752. The van der Waals surface area contributed by atoms with Gasteiger partial charge in [0.1, 0.15) is 0 Å². The molecule has 4 heteroatoms. The lowest BCUT2D eigenvalue weighted by molar-refractivity contribution is 0.396. The molecular weight excluding hydrogens is 312 g/mol. The molecule has 1 saturated carbocycles. The van der Waals surface area contributed by atoms with Crippen LogP contribution in [0.25, 0.3) is 0 Å². The third-order valence-electron chi connectivity index (χ3n) is 3.93. The fraction of sp³-hybridized carbons (Fsp3) is 0.600. The highest BCUT2D eigenvalue weighted by atomic mass is 79.9. The van der Waals surface area contributed by atoms with Gasteiger partial charge in [0.25, 0.3) is 0 Å². The van der Waals surface area contributed by atoms with E-state index in [9.17, 15) is 8.78 Å². The molecule has 0 bridgehead atoms. The normalized spacial score (nSPS) is 17.9. The first kappa shape index (κ1) is 14.9. The van der Waals surface area contributed by atoms with Gasteiger partial charge in [-0.15, -0.1) is 0 Å². The Bertz CT molecular complexity index is 430. The minimum absolute atomic E-state index is 0.0950. The molecule has 0 amide bonds. The van der Waals surface area contributed by atoms with E-state index in [1.54, 1.807) is 6.07 Å². The summed E-state index contributed by atoms with van der Waals surface area (Å²) in [7, 11) is 0. The van der Waals surface area contributed by atoms with Gasteiger partial charge < -0.3 is 5.32 Å². The maximum absolute atomic E-state index is 13.7. The van der Waals surface area contributed by atoms with Crippen LogP contribution in [0.5, 0.6) is 0 Å². The van der Waals surface area contributed by atoms with E-state index in [0.29, 0.717) is 5.92 Å². The highest BCUT2D eigenvalue weighted by Crippen LogP contribution is 2.36. The van der Waals surface area contributed by atoms with E-state index in [0.717, 1.165) is 18.5 Å². The van der Waals surface area contributed by atoms with Crippen LogP contribution in [0.3, 0.4) is 0 Å². The second-order valence-electron chi connectivity index (χ2n) is 5.26. The van der Waals surface area contributed by atoms with E-state index in [2.05, 4.69) is 21.2 Å².